The summed E-state index contributed by atoms with van der Waals surface area (Å²) in [6.45, 7) is 9.34. The van der Waals surface area contributed by atoms with Gasteiger partial charge in [-0.1, -0.05) is 94.8 Å². The maximum absolute atomic E-state index is 12.5. The number of aliphatic hydroxyl groups is 1. The Labute approximate surface area is 207 Å². The summed E-state index contributed by atoms with van der Waals surface area (Å²) in [6, 6.07) is 18.8. The van der Waals surface area contributed by atoms with Crippen LogP contribution in [-0.2, 0) is 10.3 Å². The fourth-order valence-electron chi connectivity index (χ4n) is 4.95. The minimum absolute atomic E-state index is 0.00941. The molecule has 4 heteroatoms. The highest BCUT2D eigenvalue weighted by atomic mass is 16.5. The van der Waals surface area contributed by atoms with Gasteiger partial charge in [-0.15, -0.1) is 0 Å². The first kappa shape index (κ1) is 26.7. The van der Waals surface area contributed by atoms with Crippen molar-refractivity contribution in [3.8, 4) is 5.75 Å². The third-order valence-electron chi connectivity index (χ3n) is 7.11. The lowest BCUT2D eigenvalue weighted by Crippen LogP contribution is -2.45. The molecule has 2 aromatic carbocycles. The first-order chi connectivity index (χ1) is 16.7. The number of benzene rings is 2. The average molecular weight is 468 g/mol. The van der Waals surface area contributed by atoms with Crippen LogP contribution in [-0.4, -0.2) is 49.5 Å². The van der Waals surface area contributed by atoms with Crippen molar-refractivity contribution in [1.29, 1.82) is 0 Å². The zero-order valence-corrected chi connectivity index (χ0v) is 21.4. The van der Waals surface area contributed by atoms with Crippen molar-refractivity contribution in [2.75, 3.05) is 39.5 Å². The molecule has 188 valence electrons. The zero-order valence-electron chi connectivity index (χ0n) is 21.4. The summed E-state index contributed by atoms with van der Waals surface area (Å²) in [5, 5.41) is 12.5. The van der Waals surface area contributed by atoms with Crippen molar-refractivity contribution in [3.63, 3.8) is 0 Å². The summed E-state index contributed by atoms with van der Waals surface area (Å²) in [4.78, 5) is 2.45. The number of hydrogen-bond donors (Lipinski definition) is 1. The third-order valence-corrected chi connectivity index (χ3v) is 7.11. The Balaban J connectivity index is 1.88. The molecular formula is C30H45NO3. The molecule has 1 saturated heterocycles. The molecule has 34 heavy (non-hydrogen) atoms. The van der Waals surface area contributed by atoms with Crippen LogP contribution >= 0.6 is 0 Å². The van der Waals surface area contributed by atoms with Gasteiger partial charge in [-0.3, -0.25) is 4.90 Å². The molecule has 0 saturated carbocycles. The zero-order chi connectivity index (χ0) is 24.1. The second-order valence-corrected chi connectivity index (χ2v) is 9.69. The average Bonchev–Trinajstić information content (AvgIpc) is 2.89. The van der Waals surface area contributed by atoms with E-state index in [4.69, 9.17) is 9.47 Å². The van der Waals surface area contributed by atoms with Gasteiger partial charge in [-0.2, -0.15) is 0 Å². The van der Waals surface area contributed by atoms with E-state index in [1.807, 2.05) is 12.1 Å². The molecule has 1 aliphatic rings. The second kappa shape index (κ2) is 14.5. The van der Waals surface area contributed by atoms with Crippen molar-refractivity contribution >= 4 is 0 Å². The van der Waals surface area contributed by atoms with Crippen LogP contribution in [0.1, 0.15) is 82.3 Å². The minimum Gasteiger partial charge on any atom is -0.494 e. The van der Waals surface area contributed by atoms with E-state index in [1.54, 1.807) is 0 Å². The number of hydrogen-bond acceptors (Lipinski definition) is 4. The van der Waals surface area contributed by atoms with E-state index < -0.39 is 5.60 Å². The van der Waals surface area contributed by atoms with Crippen LogP contribution in [0.4, 0.5) is 0 Å². The second-order valence-electron chi connectivity index (χ2n) is 9.69. The van der Waals surface area contributed by atoms with E-state index >= 15 is 0 Å². The van der Waals surface area contributed by atoms with E-state index in [0.29, 0.717) is 0 Å². The summed E-state index contributed by atoms with van der Waals surface area (Å²) in [5.74, 6) is 0.872. The monoisotopic (exact) mass is 467 g/mol. The summed E-state index contributed by atoms with van der Waals surface area (Å²) < 4.78 is 11.5. The van der Waals surface area contributed by atoms with Crippen LogP contribution in [0.5, 0.6) is 5.75 Å². The molecule has 1 N–H and O–H groups in total. The van der Waals surface area contributed by atoms with Crippen LogP contribution in [0.3, 0.4) is 0 Å². The van der Waals surface area contributed by atoms with Crippen molar-refractivity contribution in [3.05, 3.63) is 65.7 Å². The van der Waals surface area contributed by atoms with Gasteiger partial charge in [-0.05, 0) is 36.1 Å². The molecular weight excluding hydrogens is 422 g/mol. The van der Waals surface area contributed by atoms with E-state index in [2.05, 4.69) is 61.2 Å². The molecule has 1 fully saturated rings. The van der Waals surface area contributed by atoms with Gasteiger partial charge in [0.25, 0.3) is 0 Å². The minimum atomic E-state index is -0.937. The molecule has 1 aliphatic heterocycles. The lowest BCUT2D eigenvalue weighted by atomic mass is 9.73. The molecule has 3 rings (SSSR count). The molecule has 1 heterocycles. The summed E-state index contributed by atoms with van der Waals surface area (Å²) in [6.07, 6.45) is 8.85. The molecule has 4 nitrogen and oxygen atoms in total. The molecule has 2 atom stereocenters. The molecule has 0 amide bonds. The fourth-order valence-corrected chi connectivity index (χ4v) is 4.95. The van der Waals surface area contributed by atoms with Crippen molar-refractivity contribution in [2.24, 2.45) is 0 Å². The topological polar surface area (TPSA) is 41.9 Å². The lowest BCUT2D eigenvalue weighted by molar-refractivity contribution is -0.0296. The Kier molecular flexibility index (Phi) is 11.4. The Morgan fingerprint density at radius 3 is 2.24 bits per heavy atom. The Morgan fingerprint density at radius 2 is 1.56 bits per heavy atom. The number of unbranched alkanes of at least 4 members (excludes halogenated alkanes) is 5. The number of nitrogens with zero attached hydrogens (tertiary/aromatic N) is 1. The van der Waals surface area contributed by atoms with Crippen LogP contribution in [0, 0.1) is 0 Å². The molecule has 2 aromatic rings. The largest absolute Gasteiger partial charge is 0.494 e. The predicted molar refractivity (Wildman–Crippen MR) is 141 cm³/mol. The molecule has 0 aliphatic carbocycles. The summed E-state index contributed by atoms with van der Waals surface area (Å²) >= 11 is 0. The summed E-state index contributed by atoms with van der Waals surface area (Å²) in [5.41, 5.74) is 1.26. The van der Waals surface area contributed by atoms with Gasteiger partial charge in [0.1, 0.15) is 5.75 Å². The van der Waals surface area contributed by atoms with E-state index in [0.717, 1.165) is 82.9 Å². The van der Waals surface area contributed by atoms with Crippen molar-refractivity contribution < 1.29 is 14.6 Å². The van der Waals surface area contributed by atoms with Crippen LogP contribution < -0.4 is 4.74 Å². The lowest BCUT2D eigenvalue weighted by Gasteiger charge is -2.41. The highest BCUT2D eigenvalue weighted by Gasteiger charge is 2.40. The SMILES string of the molecule is CCCCCCC[C@](O)(c1ccc(OCCCC)cc1)[C@@H](CN1CCOCC1)c1ccccc1. The van der Waals surface area contributed by atoms with Gasteiger partial charge in [0.05, 0.1) is 25.4 Å². The van der Waals surface area contributed by atoms with Crippen LogP contribution in [0.15, 0.2) is 54.6 Å². The van der Waals surface area contributed by atoms with E-state index in [9.17, 15) is 5.11 Å². The Morgan fingerprint density at radius 1 is 0.882 bits per heavy atom. The number of morpholine rings is 1. The van der Waals surface area contributed by atoms with Crippen LogP contribution in [0.2, 0.25) is 0 Å². The molecule has 0 radical (unpaired) electrons. The normalized spacial score (nSPS) is 17.3. The number of rotatable bonds is 15. The van der Waals surface area contributed by atoms with E-state index in [-0.39, 0.29) is 5.92 Å². The van der Waals surface area contributed by atoms with Gasteiger partial charge in [0.2, 0.25) is 0 Å². The van der Waals surface area contributed by atoms with Crippen LogP contribution in [0.25, 0.3) is 0 Å². The first-order valence-electron chi connectivity index (χ1n) is 13.5. The highest BCUT2D eigenvalue weighted by Crippen LogP contribution is 2.42. The molecule has 0 unspecified atom stereocenters. The Hall–Kier alpha value is -1.88. The smallest absolute Gasteiger partial charge is 0.119 e. The maximum atomic E-state index is 12.5. The van der Waals surface area contributed by atoms with E-state index in [1.165, 1.54) is 24.8 Å². The maximum Gasteiger partial charge on any atom is 0.119 e. The quantitative estimate of drug-likeness (QED) is 0.302. The van der Waals surface area contributed by atoms with Gasteiger partial charge in [-0.25, -0.2) is 0 Å². The molecule has 0 aromatic heterocycles. The first-order valence-corrected chi connectivity index (χ1v) is 13.5. The van der Waals surface area contributed by atoms with Gasteiger partial charge < -0.3 is 14.6 Å². The van der Waals surface area contributed by atoms with Gasteiger partial charge in [0.15, 0.2) is 0 Å². The predicted octanol–water partition coefficient (Wildman–Crippen LogP) is 6.53. The fraction of sp³-hybridized carbons (Fsp3) is 0.600. The standard InChI is InChI=1S/C30H45NO3/c1-3-5-7-8-12-19-30(32,27-15-17-28(18-16-27)34-22-6-4-2)29(26-13-10-9-11-14-26)25-31-20-23-33-24-21-31/h9-11,13-18,29,32H,3-8,12,19-25H2,1-2H3/t29-,30-/m0/s1. The van der Waals surface area contributed by atoms with Crippen molar-refractivity contribution in [2.45, 2.75) is 76.7 Å². The van der Waals surface area contributed by atoms with Gasteiger partial charge >= 0.3 is 0 Å². The third kappa shape index (κ3) is 7.83. The Bertz CT molecular complexity index is 788. The highest BCUT2D eigenvalue weighted by molar-refractivity contribution is 5.35. The molecule has 0 bridgehead atoms. The summed E-state index contributed by atoms with van der Waals surface area (Å²) in [7, 11) is 0. The number of ether oxygens (including phenoxy) is 2. The molecule has 0 spiro atoms. The van der Waals surface area contributed by atoms with Gasteiger partial charge in [0, 0.05) is 25.6 Å². The van der Waals surface area contributed by atoms with Crippen molar-refractivity contribution in [1.82, 2.24) is 4.90 Å².